The van der Waals surface area contributed by atoms with Crippen LogP contribution in [0.1, 0.15) is 5.56 Å². The second-order valence-corrected chi connectivity index (χ2v) is 7.48. The molecule has 0 fully saturated rings. The fraction of sp³-hybridized carbons (Fsp3) is 0.143. The highest BCUT2D eigenvalue weighted by atomic mass is 32.2. The molecular formula is C21H19N5O3S. The lowest BCUT2D eigenvalue weighted by Gasteiger charge is -2.08. The molecule has 0 spiro atoms. The summed E-state index contributed by atoms with van der Waals surface area (Å²) < 4.78 is 6.76. The number of ether oxygens (including phenoxy) is 1. The van der Waals surface area contributed by atoms with Crippen molar-refractivity contribution in [3.63, 3.8) is 0 Å². The van der Waals surface area contributed by atoms with E-state index in [1.807, 2.05) is 55.5 Å². The van der Waals surface area contributed by atoms with Crippen LogP contribution in [0.25, 0.3) is 16.7 Å². The number of rotatable bonds is 6. The number of carbonyl (C=O) groups is 1. The van der Waals surface area contributed by atoms with Crippen molar-refractivity contribution in [1.82, 2.24) is 19.7 Å². The van der Waals surface area contributed by atoms with Crippen molar-refractivity contribution in [2.45, 2.75) is 12.1 Å². The number of aromatic amines is 1. The van der Waals surface area contributed by atoms with Crippen molar-refractivity contribution in [2.24, 2.45) is 0 Å². The smallest absolute Gasteiger partial charge is 0.262 e. The van der Waals surface area contributed by atoms with E-state index in [1.165, 1.54) is 6.20 Å². The van der Waals surface area contributed by atoms with Crippen molar-refractivity contribution in [3.8, 4) is 11.4 Å². The standard InChI is InChI=1S/C21H19N5O3S/c1-13-5-3-4-6-17(13)23-18(27)12-30-21-24-19-16(20(28)25-21)11-22-26(19)14-7-9-15(29-2)10-8-14/h3-11H,12H2,1-2H3,(H,23,27)(H,24,25,28). The SMILES string of the molecule is COc1ccc(-n2ncc3c(=O)[nH]c(SCC(=O)Nc4ccccc4C)nc32)cc1. The Bertz CT molecular complexity index is 1260. The number of aryl methyl sites for hydroxylation is 1. The average molecular weight is 421 g/mol. The van der Waals surface area contributed by atoms with E-state index >= 15 is 0 Å². The van der Waals surface area contributed by atoms with Gasteiger partial charge in [-0.2, -0.15) is 5.10 Å². The monoisotopic (exact) mass is 421 g/mol. The number of nitrogens with zero attached hydrogens (tertiary/aromatic N) is 3. The predicted octanol–water partition coefficient (Wildman–Crippen LogP) is 3.16. The summed E-state index contributed by atoms with van der Waals surface area (Å²) in [6.45, 7) is 1.93. The van der Waals surface area contributed by atoms with Gasteiger partial charge in [0.1, 0.15) is 11.1 Å². The van der Waals surface area contributed by atoms with Crippen LogP contribution in [0.2, 0.25) is 0 Å². The Morgan fingerprint density at radius 2 is 1.97 bits per heavy atom. The maximum Gasteiger partial charge on any atom is 0.262 e. The molecule has 0 aliphatic carbocycles. The molecule has 0 radical (unpaired) electrons. The number of thioether (sulfide) groups is 1. The quantitative estimate of drug-likeness (QED) is 0.366. The number of benzene rings is 2. The van der Waals surface area contributed by atoms with Gasteiger partial charge in [-0.3, -0.25) is 9.59 Å². The van der Waals surface area contributed by atoms with Gasteiger partial charge >= 0.3 is 0 Å². The molecule has 30 heavy (non-hydrogen) atoms. The summed E-state index contributed by atoms with van der Waals surface area (Å²) in [5, 5.41) is 7.88. The first-order chi connectivity index (χ1) is 14.5. The molecular weight excluding hydrogens is 402 g/mol. The van der Waals surface area contributed by atoms with E-state index in [0.29, 0.717) is 16.2 Å². The second-order valence-electron chi connectivity index (χ2n) is 6.51. The lowest BCUT2D eigenvalue weighted by Crippen LogP contribution is -2.16. The van der Waals surface area contributed by atoms with Crippen molar-refractivity contribution in [1.29, 1.82) is 0 Å². The molecule has 4 aromatic rings. The zero-order chi connectivity index (χ0) is 21.1. The third kappa shape index (κ3) is 4.06. The molecule has 8 nitrogen and oxygen atoms in total. The minimum absolute atomic E-state index is 0.111. The summed E-state index contributed by atoms with van der Waals surface area (Å²) in [4.78, 5) is 32.0. The van der Waals surface area contributed by atoms with Gasteiger partial charge in [0.25, 0.3) is 5.56 Å². The Kier molecular flexibility index (Phi) is 5.53. The van der Waals surface area contributed by atoms with Crippen LogP contribution in [0.5, 0.6) is 5.75 Å². The van der Waals surface area contributed by atoms with Gasteiger partial charge in [-0.05, 0) is 42.8 Å². The van der Waals surface area contributed by atoms with E-state index in [1.54, 1.807) is 11.8 Å². The zero-order valence-corrected chi connectivity index (χ0v) is 17.2. The van der Waals surface area contributed by atoms with E-state index in [9.17, 15) is 9.59 Å². The summed E-state index contributed by atoms with van der Waals surface area (Å²) >= 11 is 1.16. The van der Waals surface area contributed by atoms with E-state index in [2.05, 4.69) is 20.4 Å². The average Bonchev–Trinajstić information content (AvgIpc) is 3.18. The van der Waals surface area contributed by atoms with Gasteiger partial charge in [-0.15, -0.1) is 0 Å². The molecule has 0 unspecified atom stereocenters. The van der Waals surface area contributed by atoms with E-state index in [4.69, 9.17) is 4.74 Å². The zero-order valence-electron chi connectivity index (χ0n) is 16.4. The largest absolute Gasteiger partial charge is 0.497 e. The van der Waals surface area contributed by atoms with E-state index in [-0.39, 0.29) is 17.2 Å². The predicted molar refractivity (Wildman–Crippen MR) is 117 cm³/mol. The van der Waals surface area contributed by atoms with Crippen molar-refractivity contribution >= 4 is 34.4 Å². The lowest BCUT2D eigenvalue weighted by atomic mass is 10.2. The molecule has 0 bridgehead atoms. The minimum Gasteiger partial charge on any atom is -0.497 e. The summed E-state index contributed by atoms with van der Waals surface area (Å²) in [5.41, 5.74) is 2.61. The number of H-pyrrole nitrogens is 1. The van der Waals surface area contributed by atoms with Gasteiger partial charge in [0.2, 0.25) is 5.91 Å². The number of amides is 1. The van der Waals surface area contributed by atoms with Gasteiger partial charge in [0.15, 0.2) is 10.8 Å². The number of methoxy groups -OCH3 is 1. The fourth-order valence-corrected chi connectivity index (χ4v) is 3.57. The lowest BCUT2D eigenvalue weighted by molar-refractivity contribution is -0.113. The molecule has 9 heteroatoms. The molecule has 1 amide bonds. The number of nitrogens with one attached hydrogen (secondary N) is 2. The Morgan fingerprint density at radius 1 is 1.20 bits per heavy atom. The van der Waals surface area contributed by atoms with Crippen LogP contribution in [0.4, 0.5) is 5.69 Å². The number of hydrogen-bond acceptors (Lipinski definition) is 6. The van der Waals surface area contributed by atoms with Gasteiger partial charge in [-0.25, -0.2) is 9.67 Å². The highest BCUT2D eigenvalue weighted by Crippen LogP contribution is 2.20. The molecule has 2 heterocycles. The number of aromatic nitrogens is 4. The first-order valence-corrected chi connectivity index (χ1v) is 10.1. The van der Waals surface area contributed by atoms with Gasteiger partial charge in [0, 0.05) is 5.69 Å². The third-order valence-electron chi connectivity index (χ3n) is 4.49. The molecule has 0 aliphatic rings. The first kappa shape index (κ1) is 19.7. The molecule has 152 valence electrons. The summed E-state index contributed by atoms with van der Waals surface area (Å²) in [7, 11) is 1.60. The van der Waals surface area contributed by atoms with Crippen LogP contribution in [0.3, 0.4) is 0 Å². The number of para-hydroxylation sites is 1. The van der Waals surface area contributed by atoms with Crippen molar-refractivity contribution in [3.05, 3.63) is 70.6 Å². The number of fused-ring (bicyclic) bond motifs is 1. The Morgan fingerprint density at radius 3 is 2.70 bits per heavy atom. The molecule has 2 N–H and O–H groups in total. The highest BCUT2D eigenvalue weighted by Gasteiger charge is 2.13. The molecule has 0 saturated carbocycles. The topological polar surface area (TPSA) is 102 Å². The van der Waals surface area contributed by atoms with Crippen LogP contribution in [-0.4, -0.2) is 38.5 Å². The maximum absolute atomic E-state index is 12.4. The maximum atomic E-state index is 12.4. The Balaban J connectivity index is 1.55. The van der Waals surface area contributed by atoms with Crippen LogP contribution >= 0.6 is 11.8 Å². The minimum atomic E-state index is -0.304. The summed E-state index contributed by atoms with van der Waals surface area (Å²) in [6, 6.07) is 14.8. The summed E-state index contributed by atoms with van der Waals surface area (Å²) in [6.07, 6.45) is 1.48. The molecule has 2 aromatic carbocycles. The van der Waals surface area contributed by atoms with Crippen LogP contribution < -0.4 is 15.6 Å². The van der Waals surface area contributed by atoms with Crippen LogP contribution in [0, 0.1) is 6.92 Å². The van der Waals surface area contributed by atoms with E-state index in [0.717, 1.165) is 34.4 Å². The third-order valence-corrected chi connectivity index (χ3v) is 5.37. The van der Waals surface area contributed by atoms with Crippen LogP contribution in [-0.2, 0) is 4.79 Å². The first-order valence-electron chi connectivity index (χ1n) is 9.16. The second kappa shape index (κ2) is 8.42. The van der Waals surface area contributed by atoms with Gasteiger partial charge in [0.05, 0.1) is 24.7 Å². The number of carbonyl (C=O) groups excluding carboxylic acids is 1. The van der Waals surface area contributed by atoms with Crippen molar-refractivity contribution in [2.75, 3.05) is 18.2 Å². The normalized spacial score (nSPS) is 10.9. The van der Waals surface area contributed by atoms with Crippen molar-refractivity contribution < 1.29 is 9.53 Å². The Labute approximate surface area is 176 Å². The fourth-order valence-electron chi connectivity index (χ4n) is 2.91. The molecule has 4 rings (SSSR count). The number of hydrogen-bond donors (Lipinski definition) is 2. The van der Waals surface area contributed by atoms with Crippen LogP contribution in [0.15, 0.2) is 64.7 Å². The number of anilines is 1. The molecule has 2 aromatic heterocycles. The van der Waals surface area contributed by atoms with Gasteiger partial charge < -0.3 is 15.0 Å². The van der Waals surface area contributed by atoms with E-state index < -0.39 is 0 Å². The Hall–Kier alpha value is -3.59. The molecule has 0 saturated heterocycles. The highest BCUT2D eigenvalue weighted by molar-refractivity contribution is 7.99. The van der Waals surface area contributed by atoms with Gasteiger partial charge in [-0.1, -0.05) is 30.0 Å². The summed E-state index contributed by atoms with van der Waals surface area (Å²) in [5.74, 6) is 0.650. The molecule has 0 atom stereocenters. The molecule has 0 aliphatic heterocycles.